The molecule has 1 amide bonds. The van der Waals surface area contributed by atoms with Gasteiger partial charge in [0.2, 0.25) is 5.91 Å². The first kappa shape index (κ1) is 85.0. The summed E-state index contributed by atoms with van der Waals surface area (Å²) in [6.07, 6.45) is 70.4. The molecular weight excluding hydrogens is 1160 g/mol. The van der Waals surface area contributed by atoms with Gasteiger partial charge in [0.1, 0.15) is 48.8 Å². The van der Waals surface area contributed by atoms with Gasteiger partial charge in [-0.2, -0.15) is 0 Å². The lowest BCUT2D eigenvalue weighted by Crippen LogP contribution is -2.65. The van der Waals surface area contributed by atoms with Gasteiger partial charge < -0.3 is 65.1 Å². The van der Waals surface area contributed by atoms with Crippen LogP contribution in [0.3, 0.4) is 0 Å². The van der Waals surface area contributed by atoms with E-state index in [4.69, 9.17) is 18.9 Å². The average molecular weight is 1300 g/mol. The second-order valence-electron chi connectivity index (χ2n) is 26.0. The number of allylic oxidation sites excluding steroid dienone is 15. The van der Waals surface area contributed by atoms with Crippen LogP contribution in [0.4, 0.5) is 0 Å². The van der Waals surface area contributed by atoms with Crippen LogP contribution in [-0.2, 0) is 23.7 Å². The van der Waals surface area contributed by atoms with Gasteiger partial charge in [0.15, 0.2) is 12.6 Å². The molecule has 14 nitrogen and oxygen atoms in total. The fourth-order valence-corrected chi connectivity index (χ4v) is 11.9. The Hall–Kier alpha value is -3.09. The molecule has 12 unspecified atom stereocenters. The summed E-state index contributed by atoms with van der Waals surface area (Å²) in [4.78, 5) is 13.3. The van der Waals surface area contributed by atoms with Crippen LogP contribution in [0, 0.1) is 0 Å². The molecule has 92 heavy (non-hydrogen) atoms. The summed E-state index contributed by atoms with van der Waals surface area (Å²) in [5, 5.41) is 87.6. The number of ether oxygens (including phenoxy) is 4. The zero-order valence-electron chi connectivity index (χ0n) is 58.0. The van der Waals surface area contributed by atoms with Gasteiger partial charge in [0.05, 0.1) is 32.0 Å². The van der Waals surface area contributed by atoms with Crippen LogP contribution < -0.4 is 5.32 Å². The first-order valence-corrected chi connectivity index (χ1v) is 37.5. The molecule has 532 valence electrons. The monoisotopic (exact) mass is 1300 g/mol. The summed E-state index contributed by atoms with van der Waals surface area (Å²) in [6, 6.07) is -0.935. The third-order valence-corrected chi connectivity index (χ3v) is 17.8. The minimum Gasteiger partial charge on any atom is -0.394 e. The molecule has 9 N–H and O–H groups in total. The van der Waals surface area contributed by atoms with E-state index >= 15 is 0 Å². The highest BCUT2D eigenvalue weighted by molar-refractivity contribution is 5.76. The van der Waals surface area contributed by atoms with Gasteiger partial charge in [0, 0.05) is 6.42 Å². The first-order valence-electron chi connectivity index (χ1n) is 37.5. The standard InChI is InChI=1S/C78H137NO13/c1-3-5-7-9-11-13-15-17-19-21-23-25-27-29-31-32-33-34-36-37-39-41-43-45-47-49-51-53-55-57-59-61-67(82)66(65-89-77-75(88)73(86)76(69(64-81)91-77)92-78-74(87)72(85)71(84)68(63-80)90-78)79-70(83)62-60-58-56-54-52-50-48-46-44-42-40-38-35-30-28-26-24-22-20-18-16-14-12-10-8-6-4-2/h6,8,12,14,18,20,24,26,30,35,40,42,46,48,59,61,66-69,71-78,80-82,84-88H,3-5,7,9-11,13,15-17,19,21-23,25,27-29,31-34,36-39,41,43-45,47,49-58,60,62-65H2,1-2H3,(H,79,83)/b8-6-,14-12-,20-18-,26-24-,35-30-,42-40-,48-46-,61-59+. The van der Waals surface area contributed by atoms with E-state index in [-0.39, 0.29) is 18.9 Å². The molecule has 0 aromatic heterocycles. The average Bonchev–Trinajstić information content (AvgIpc) is 0.882. The zero-order valence-corrected chi connectivity index (χ0v) is 58.0. The van der Waals surface area contributed by atoms with Crippen molar-refractivity contribution in [2.45, 2.75) is 370 Å². The molecule has 2 aliphatic rings. The number of rotatable bonds is 61. The van der Waals surface area contributed by atoms with E-state index in [2.05, 4.69) is 104 Å². The van der Waals surface area contributed by atoms with Crippen LogP contribution in [0.15, 0.2) is 97.2 Å². The van der Waals surface area contributed by atoms with E-state index in [1.165, 1.54) is 173 Å². The summed E-state index contributed by atoms with van der Waals surface area (Å²) >= 11 is 0. The molecule has 2 fully saturated rings. The molecule has 0 radical (unpaired) electrons. The van der Waals surface area contributed by atoms with Crippen LogP contribution in [0.5, 0.6) is 0 Å². The quantitative estimate of drug-likeness (QED) is 0.0204. The predicted molar refractivity (Wildman–Crippen MR) is 378 cm³/mol. The lowest BCUT2D eigenvalue weighted by Gasteiger charge is -2.46. The molecule has 0 spiro atoms. The van der Waals surface area contributed by atoms with E-state index in [0.717, 1.165) is 96.3 Å². The van der Waals surface area contributed by atoms with Crippen molar-refractivity contribution in [3.05, 3.63) is 97.2 Å². The summed E-state index contributed by atoms with van der Waals surface area (Å²) in [5.74, 6) is -0.259. The molecule has 2 aliphatic heterocycles. The van der Waals surface area contributed by atoms with Crippen LogP contribution >= 0.6 is 0 Å². The Labute approximate surface area is 560 Å². The van der Waals surface area contributed by atoms with Gasteiger partial charge in [-0.25, -0.2) is 0 Å². The minimum atomic E-state index is -1.80. The maximum atomic E-state index is 13.3. The predicted octanol–water partition coefficient (Wildman–Crippen LogP) is 16.1. The molecule has 2 saturated heterocycles. The van der Waals surface area contributed by atoms with E-state index < -0.39 is 86.8 Å². The maximum absolute atomic E-state index is 13.3. The molecule has 0 aromatic rings. The van der Waals surface area contributed by atoms with E-state index in [1.54, 1.807) is 6.08 Å². The van der Waals surface area contributed by atoms with Gasteiger partial charge >= 0.3 is 0 Å². The van der Waals surface area contributed by atoms with Gasteiger partial charge in [0.25, 0.3) is 0 Å². The number of aliphatic hydroxyl groups excluding tert-OH is 8. The summed E-state index contributed by atoms with van der Waals surface area (Å²) in [7, 11) is 0. The van der Waals surface area contributed by atoms with Crippen molar-refractivity contribution in [3.8, 4) is 0 Å². The van der Waals surface area contributed by atoms with E-state index in [0.29, 0.717) is 6.42 Å². The number of hydrogen-bond acceptors (Lipinski definition) is 13. The molecule has 2 heterocycles. The smallest absolute Gasteiger partial charge is 0.220 e. The lowest BCUT2D eigenvalue weighted by atomic mass is 9.97. The number of unbranched alkanes of at least 4 members (excludes halogenated alkanes) is 34. The number of carbonyl (C=O) groups is 1. The summed E-state index contributed by atoms with van der Waals surface area (Å²) in [6.45, 7) is 2.70. The van der Waals surface area contributed by atoms with Gasteiger partial charge in [-0.1, -0.05) is 310 Å². The normalized spacial score (nSPS) is 23.2. The third-order valence-electron chi connectivity index (χ3n) is 17.8. The number of nitrogens with one attached hydrogen (secondary N) is 1. The Balaban J connectivity index is 1.68. The molecule has 14 heteroatoms. The zero-order chi connectivity index (χ0) is 66.6. The molecule has 0 aromatic carbocycles. The van der Waals surface area contributed by atoms with Crippen LogP contribution in [0.1, 0.15) is 296 Å². The number of hydrogen-bond donors (Lipinski definition) is 9. The Kier molecular flexibility index (Phi) is 56.8. The van der Waals surface area contributed by atoms with Crippen LogP contribution in [-0.4, -0.2) is 140 Å². The molecule has 2 rings (SSSR count). The topological polar surface area (TPSA) is 228 Å². The highest BCUT2D eigenvalue weighted by atomic mass is 16.7. The maximum Gasteiger partial charge on any atom is 0.220 e. The first-order chi connectivity index (χ1) is 45.1. The minimum absolute atomic E-state index is 0.253. The van der Waals surface area contributed by atoms with Crippen molar-refractivity contribution >= 4 is 5.91 Å². The van der Waals surface area contributed by atoms with E-state index in [1.807, 2.05) is 6.08 Å². The summed E-state index contributed by atoms with van der Waals surface area (Å²) < 4.78 is 22.9. The van der Waals surface area contributed by atoms with Crippen LogP contribution in [0.2, 0.25) is 0 Å². The van der Waals surface area contributed by atoms with Crippen molar-refractivity contribution < 1.29 is 64.6 Å². The second-order valence-corrected chi connectivity index (χ2v) is 26.0. The molecule has 12 atom stereocenters. The Bertz CT molecular complexity index is 1920. The fourth-order valence-electron chi connectivity index (χ4n) is 11.9. The fraction of sp³-hybridized carbons (Fsp3) is 0.782. The number of aliphatic hydroxyl groups is 8. The Morgan fingerprint density at radius 1 is 0.402 bits per heavy atom. The second kappa shape index (κ2) is 61.5. The van der Waals surface area contributed by atoms with Crippen LogP contribution in [0.25, 0.3) is 0 Å². The van der Waals surface area contributed by atoms with Gasteiger partial charge in [-0.05, 0) is 77.0 Å². The van der Waals surface area contributed by atoms with Gasteiger partial charge in [-0.15, -0.1) is 0 Å². The van der Waals surface area contributed by atoms with Crippen molar-refractivity contribution in [2.75, 3.05) is 19.8 Å². The van der Waals surface area contributed by atoms with Crippen molar-refractivity contribution in [1.82, 2.24) is 5.32 Å². The lowest BCUT2D eigenvalue weighted by molar-refractivity contribution is -0.359. The number of amides is 1. The number of carbonyl (C=O) groups excluding carboxylic acids is 1. The highest BCUT2D eigenvalue weighted by Gasteiger charge is 2.51. The van der Waals surface area contributed by atoms with E-state index in [9.17, 15) is 45.6 Å². The van der Waals surface area contributed by atoms with Gasteiger partial charge in [-0.3, -0.25) is 4.79 Å². The third kappa shape index (κ3) is 44.6. The Morgan fingerprint density at radius 3 is 1.15 bits per heavy atom. The molecular formula is C78H137NO13. The molecule has 0 bridgehead atoms. The SMILES string of the molecule is CC/C=C\C/C=C\C/C=C\C/C=C\C/C=C\C/C=C\C/C=C\CCCCCCCC(=O)NC(COC1OC(CO)C(OC2OC(CO)C(O)C(O)C2O)C(O)C1O)C(O)/C=C/CCCCCCCCCCCCCCCCCCCCCCCCCCCCCCC. The van der Waals surface area contributed by atoms with Crippen molar-refractivity contribution in [2.24, 2.45) is 0 Å². The van der Waals surface area contributed by atoms with Crippen molar-refractivity contribution in [1.29, 1.82) is 0 Å². The molecule has 0 saturated carbocycles. The molecule has 0 aliphatic carbocycles. The van der Waals surface area contributed by atoms with Crippen molar-refractivity contribution in [3.63, 3.8) is 0 Å². The highest BCUT2D eigenvalue weighted by Crippen LogP contribution is 2.30. The summed E-state index contributed by atoms with van der Waals surface area (Å²) in [5.41, 5.74) is 0. The Morgan fingerprint density at radius 2 is 0.750 bits per heavy atom. The largest absolute Gasteiger partial charge is 0.394 e.